The Kier molecular flexibility index (Phi) is 15.9. The van der Waals surface area contributed by atoms with Crippen LogP contribution in [0.15, 0.2) is 18.2 Å². The van der Waals surface area contributed by atoms with Crippen molar-refractivity contribution in [3.05, 3.63) is 46.0 Å². The Morgan fingerprint density at radius 3 is 1.59 bits per heavy atom. The second-order valence-electron chi connectivity index (χ2n) is 3.63. The summed E-state index contributed by atoms with van der Waals surface area (Å²) in [5.74, 6) is 0. The second-order valence-corrected chi connectivity index (χ2v) is 5.38. The average Bonchev–Trinajstić information content (AvgIpc) is 2.78. The molecule has 0 amide bonds. The molecule has 0 bridgehead atoms. The van der Waals surface area contributed by atoms with Gasteiger partial charge in [-0.05, 0) is 49.4 Å². The van der Waals surface area contributed by atoms with E-state index in [9.17, 15) is 0 Å². The molecule has 0 N–H and O–H groups in total. The van der Waals surface area contributed by atoms with Crippen LogP contribution in [0.5, 0.6) is 0 Å². The van der Waals surface area contributed by atoms with Crippen LogP contribution in [-0.4, -0.2) is 0 Å². The number of aryl methyl sites for hydroxylation is 2. The monoisotopic (exact) mass is 365 g/mol. The van der Waals surface area contributed by atoms with Crippen LogP contribution in [0.1, 0.15) is 28.1 Å². The third kappa shape index (κ3) is 7.68. The number of rotatable bonds is 0. The van der Waals surface area contributed by atoms with Crippen LogP contribution in [0.2, 0.25) is 0 Å². The number of halogens is 2. The number of allylic oxidation sites excluding steroid dienone is 4. The van der Waals surface area contributed by atoms with Crippen LogP contribution in [0.4, 0.5) is 0 Å². The molecule has 0 aromatic carbocycles. The molecule has 1 aromatic rings. The van der Waals surface area contributed by atoms with Gasteiger partial charge in [-0.2, -0.15) is 6.08 Å². The first-order chi connectivity index (χ1) is 6.63. The second kappa shape index (κ2) is 11.8. The van der Waals surface area contributed by atoms with E-state index in [4.69, 9.17) is 0 Å². The standard InChI is InChI=1S/C8H13P.C5H5.2ClH.Zr/c1-5-6(2)8(4)9-7(5)3;1-2-4-5-3-1;;;/h9H,1-4H3;1-3H,4H2;2*1H;/q;-1;;;+3/p-2. The van der Waals surface area contributed by atoms with E-state index in [0.717, 1.165) is 14.6 Å². The van der Waals surface area contributed by atoms with Crippen molar-refractivity contribution in [1.82, 2.24) is 0 Å². The molecule has 93 valence electrons. The van der Waals surface area contributed by atoms with Gasteiger partial charge in [-0.25, -0.2) is 12.2 Å². The van der Waals surface area contributed by atoms with E-state index in [2.05, 4.69) is 39.8 Å². The molecule has 1 aromatic heterocycles. The summed E-state index contributed by atoms with van der Waals surface area (Å²) >= 11 is 0. The van der Waals surface area contributed by atoms with Gasteiger partial charge in [0.2, 0.25) is 0 Å². The van der Waals surface area contributed by atoms with Crippen molar-refractivity contribution in [3.8, 4) is 0 Å². The summed E-state index contributed by atoms with van der Waals surface area (Å²) in [5, 5.41) is 3.15. The quantitative estimate of drug-likeness (QED) is 0.478. The fraction of sp³-hybridized carbons (Fsp3) is 0.385. The van der Waals surface area contributed by atoms with Crippen molar-refractivity contribution in [2.24, 2.45) is 0 Å². The SMILES string of the molecule is Cc1[pH]c(C)c(C)c1C.[C-]1=CC=CC1.[Cl-].[Cl-].[Zr+3]. The minimum absolute atomic E-state index is 0. The van der Waals surface area contributed by atoms with Crippen LogP contribution < -0.4 is 24.8 Å². The van der Waals surface area contributed by atoms with Crippen molar-refractivity contribution in [2.45, 2.75) is 34.1 Å². The van der Waals surface area contributed by atoms with Crippen LogP contribution in [-0.2, 0) is 26.2 Å². The van der Waals surface area contributed by atoms with Crippen molar-refractivity contribution in [1.29, 1.82) is 0 Å². The zero-order chi connectivity index (χ0) is 10.6. The van der Waals surface area contributed by atoms with Crippen LogP contribution >= 0.6 is 8.19 Å². The van der Waals surface area contributed by atoms with E-state index in [1.54, 1.807) is 10.6 Å². The molecule has 0 saturated heterocycles. The van der Waals surface area contributed by atoms with E-state index < -0.39 is 0 Å². The van der Waals surface area contributed by atoms with Gasteiger partial charge in [-0.1, -0.05) is 0 Å². The summed E-state index contributed by atoms with van der Waals surface area (Å²) in [6.07, 6.45) is 10.0. The van der Waals surface area contributed by atoms with Crippen molar-refractivity contribution >= 4 is 8.19 Å². The first kappa shape index (κ1) is 22.9. The van der Waals surface area contributed by atoms with Gasteiger partial charge in [-0.3, -0.25) is 6.08 Å². The third-order valence-corrected chi connectivity index (χ3v) is 4.15. The molecule has 1 radical (unpaired) electrons. The van der Waals surface area contributed by atoms with Gasteiger partial charge in [-0.15, -0.1) is 14.6 Å². The molecule has 0 saturated carbocycles. The van der Waals surface area contributed by atoms with Gasteiger partial charge in [0, 0.05) is 0 Å². The zero-order valence-electron chi connectivity index (χ0n) is 10.7. The molecule has 0 fully saturated rings. The Morgan fingerprint density at radius 1 is 1.00 bits per heavy atom. The van der Waals surface area contributed by atoms with E-state index >= 15 is 0 Å². The number of hydrogen-bond donors (Lipinski definition) is 0. The minimum Gasteiger partial charge on any atom is -1.00 e. The maximum absolute atomic E-state index is 2.99. The number of hydrogen-bond acceptors (Lipinski definition) is 0. The predicted octanol–water partition coefficient (Wildman–Crippen LogP) is -1.74. The predicted molar refractivity (Wildman–Crippen MR) is 66.5 cm³/mol. The smallest absolute Gasteiger partial charge is 1.00 e. The van der Waals surface area contributed by atoms with Gasteiger partial charge in [0.1, 0.15) is 0 Å². The van der Waals surface area contributed by atoms with Crippen LogP contribution in [0.3, 0.4) is 0 Å². The molecule has 0 aliphatic heterocycles. The normalized spacial score (nSPS) is 10.6. The Bertz CT molecular complexity index is 335. The molecule has 0 spiro atoms. The third-order valence-electron chi connectivity index (χ3n) is 2.65. The molecule has 0 unspecified atom stereocenters. The van der Waals surface area contributed by atoms with Crippen molar-refractivity contribution in [2.75, 3.05) is 0 Å². The first-order valence-electron chi connectivity index (χ1n) is 4.97. The largest absolute Gasteiger partial charge is 3.00 e. The van der Waals surface area contributed by atoms with E-state index in [0.29, 0.717) is 0 Å². The molecule has 2 rings (SSSR count). The molecular weight excluding hydrogens is 349 g/mol. The first-order valence-corrected chi connectivity index (χ1v) is 5.97. The van der Waals surface area contributed by atoms with Gasteiger partial charge in [0.05, 0.1) is 0 Å². The maximum atomic E-state index is 2.99. The molecule has 1 aliphatic carbocycles. The molecule has 0 nitrogen and oxygen atoms in total. The summed E-state index contributed by atoms with van der Waals surface area (Å²) in [5.41, 5.74) is 3.04. The summed E-state index contributed by atoms with van der Waals surface area (Å²) in [6, 6.07) is 0. The molecule has 0 atom stereocenters. The summed E-state index contributed by atoms with van der Waals surface area (Å²) < 4.78 is 0. The van der Waals surface area contributed by atoms with Crippen molar-refractivity contribution < 1.29 is 51.0 Å². The molecule has 1 heterocycles. The Balaban J connectivity index is -0.000000216. The zero-order valence-corrected chi connectivity index (χ0v) is 15.7. The molecular formula is C13H18Cl2PZr. The van der Waals surface area contributed by atoms with Gasteiger partial charge < -0.3 is 24.8 Å². The van der Waals surface area contributed by atoms with Gasteiger partial charge >= 0.3 is 26.2 Å². The topological polar surface area (TPSA) is 0 Å². The van der Waals surface area contributed by atoms with Gasteiger partial charge in [0.15, 0.2) is 0 Å². The summed E-state index contributed by atoms with van der Waals surface area (Å²) in [7, 11) is 0.976. The Morgan fingerprint density at radius 2 is 1.47 bits per heavy atom. The fourth-order valence-corrected chi connectivity index (χ4v) is 2.68. The summed E-state index contributed by atoms with van der Waals surface area (Å²) in [4.78, 5) is 0. The fourth-order valence-electron chi connectivity index (χ4n) is 1.37. The van der Waals surface area contributed by atoms with E-state index in [1.807, 2.05) is 12.2 Å². The summed E-state index contributed by atoms with van der Waals surface area (Å²) in [6.45, 7) is 8.89. The van der Waals surface area contributed by atoms with E-state index in [-0.39, 0.29) is 51.0 Å². The Labute approximate surface area is 138 Å². The average molecular weight is 367 g/mol. The van der Waals surface area contributed by atoms with Crippen molar-refractivity contribution in [3.63, 3.8) is 0 Å². The minimum atomic E-state index is 0. The van der Waals surface area contributed by atoms with Crippen LogP contribution in [0, 0.1) is 33.8 Å². The molecule has 4 heteroatoms. The van der Waals surface area contributed by atoms with E-state index in [1.165, 1.54) is 11.1 Å². The molecule has 17 heavy (non-hydrogen) atoms. The molecule has 1 aliphatic rings. The Hall–Kier alpha value is 0.723. The van der Waals surface area contributed by atoms with Crippen LogP contribution in [0.25, 0.3) is 0 Å². The maximum Gasteiger partial charge on any atom is 3.00 e. The van der Waals surface area contributed by atoms with Gasteiger partial charge in [0.25, 0.3) is 0 Å².